The van der Waals surface area contributed by atoms with Crippen LogP contribution >= 0.6 is 0 Å². The van der Waals surface area contributed by atoms with Crippen molar-refractivity contribution in [2.45, 2.75) is 36.8 Å². The first-order valence-electron chi connectivity index (χ1n) is 5.29. The van der Waals surface area contributed by atoms with Gasteiger partial charge in [-0.25, -0.2) is 0 Å². The summed E-state index contributed by atoms with van der Waals surface area (Å²) in [6.07, 6.45) is -4.73. The number of carboxylic acids is 4. The maximum atomic E-state index is 10.6. The fourth-order valence-electron chi connectivity index (χ4n) is 1.86. The van der Waals surface area contributed by atoms with E-state index in [2.05, 4.69) is 0 Å². The number of carboxylic acid groups (broad SMARTS) is 4. The Hall–Kier alpha value is 0.566. The quantitative estimate of drug-likeness (QED) is 0.371. The second-order valence-corrected chi connectivity index (χ2v) is 4.51. The molecule has 0 atom stereocenters. The molecule has 0 aromatic rings. The molecule has 0 heterocycles. The number of hydrogen-bond donors (Lipinski definition) is 2. The molecule has 23 heavy (non-hydrogen) atoms. The van der Waals surface area contributed by atoms with Crippen LogP contribution in [0.15, 0.2) is 0 Å². The van der Waals surface area contributed by atoms with Gasteiger partial charge < -0.3 is 51.1 Å². The third-order valence-electron chi connectivity index (χ3n) is 2.83. The van der Waals surface area contributed by atoms with Crippen LogP contribution in [0, 0.1) is 0 Å². The molecule has 4 N–H and O–H groups in total. The van der Waals surface area contributed by atoms with Crippen molar-refractivity contribution in [1.82, 2.24) is 0 Å². The van der Waals surface area contributed by atoms with Crippen molar-refractivity contribution in [3.63, 3.8) is 0 Å². The number of carbonyl (C=O) groups is 4. The van der Waals surface area contributed by atoms with Gasteiger partial charge in [0.1, 0.15) is 0 Å². The predicted octanol–water partition coefficient (Wildman–Crippen LogP) is -13.4. The summed E-state index contributed by atoms with van der Waals surface area (Å²) in [5.41, 5.74) is 6.20. The maximum absolute atomic E-state index is 10.6. The topological polar surface area (TPSA) is 213 Å². The summed E-state index contributed by atoms with van der Waals surface area (Å²) in [6.45, 7) is 0. The maximum Gasteiger partial charge on any atom is 2.00 e. The fraction of sp³-hybridized carbons (Fsp3) is 0.600. The molecule has 0 rings (SSSR count). The van der Waals surface area contributed by atoms with E-state index in [1.807, 2.05) is 0 Å². The molecule has 0 spiro atoms. The minimum atomic E-state index is -2.43. The van der Waals surface area contributed by atoms with Gasteiger partial charge in [-0.05, 0) is 0 Å². The molecule has 0 bridgehead atoms. The van der Waals surface area contributed by atoms with Crippen molar-refractivity contribution in [1.29, 1.82) is 0 Å². The van der Waals surface area contributed by atoms with Crippen molar-refractivity contribution in [2.75, 3.05) is 0 Å². The first kappa shape index (κ1) is 31.3. The van der Waals surface area contributed by atoms with Gasteiger partial charge in [-0.1, -0.05) is 0 Å². The van der Waals surface area contributed by atoms with E-state index < -0.39 is 60.6 Å². The minimum Gasteiger partial charge on any atom is -0.550 e. The molecule has 0 saturated heterocycles. The van der Waals surface area contributed by atoms with Crippen LogP contribution in [0.4, 0.5) is 0 Å². The Morgan fingerprint density at radius 1 is 0.609 bits per heavy atom. The van der Waals surface area contributed by atoms with E-state index >= 15 is 0 Å². The average molecular weight is 358 g/mol. The van der Waals surface area contributed by atoms with Gasteiger partial charge in [0.15, 0.2) is 0 Å². The van der Waals surface area contributed by atoms with Crippen molar-refractivity contribution in [3.8, 4) is 0 Å². The molecule has 0 unspecified atom stereocenters. The summed E-state index contributed by atoms with van der Waals surface area (Å²) in [6, 6.07) is 0. The van der Waals surface area contributed by atoms with Crippen LogP contribution < -0.4 is 91.0 Å². The predicted molar refractivity (Wildman–Crippen MR) is 58.1 cm³/mol. The molecule has 0 aliphatic heterocycles. The molecular formula is C10H12MgN2Na2O8. The van der Waals surface area contributed by atoms with Gasteiger partial charge in [0.25, 0.3) is 0 Å². The fourth-order valence-corrected chi connectivity index (χ4v) is 1.86. The van der Waals surface area contributed by atoms with E-state index in [1.165, 1.54) is 0 Å². The van der Waals surface area contributed by atoms with Crippen LogP contribution in [0.1, 0.15) is 25.7 Å². The van der Waals surface area contributed by atoms with Crippen molar-refractivity contribution < 1.29 is 98.7 Å². The summed E-state index contributed by atoms with van der Waals surface area (Å²) in [7, 11) is 0. The number of carbonyl (C=O) groups excluding carboxylic acids is 4. The summed E-state index contributed by atoms with van der Waals surface area (Å²) in [4.78, 5) is 42.5. The van der Waals surface area contributed by atoms with Gasteiger partial charge in [-0.15, -0.1) is 0 Å². The van der Waals surface area contributed by atoms with Crippen LogP contribution in [0.2, 0.25) is 0 Å². The third kappa shape index (κ3) is 10.9. The van der Waals surface area contributed by atoms with Crippen LogP contribution in [0.5, 0.6) is 0 Å². The first-order chi connectivity index (χ1) is 8.92. The molecule has 0 amide bonds. The van der Waals surface area contributed by atoms with Crippen molar-refractivity contribution in [3.05, 3.63) is 0 Å². The van der Waals surface area contributed by atoms with Gasteiger partial charge in [0.05, 0.1) is 0 Å². The smallest absolute Gasteiger partial charge is 0.550 e. The number of aliphatic carboxylic acids is 4. The number of hydrogen-bond acceptors (Lipinski definition) is 10. The van der Waals surface area contributed by atoms with Crippen LogP contribution in [-0.2, 0) is 19.2 Å². The molecule has 0 aromatic heterocycles. The zero-order valence-corrected chi connectivity index (χ0v) is 18.4. The molecule has 13 heteroatoms. The molecular weight excluding hydrogens is 346 g/mol. The number of rotatable bonds is 9. The Labute approximate surface area is 192 Å². The molecule has 10 nitrogen and oxygen atoms in total. The zero-order chi connectivity index (χ0) is 16.1. The summed E-state index contributed by atoms with van der Waals surface area (Å²) >= 11 is 0. The van der Waals surface area contributed by atoms with E-state index in [9.17, 15) is 39.6 Å². The Bertz CT molecular complexity index is 377. The minimum absolute atomic E-state index is 0. The second-order valence-electron chi connectivity index (χ2n) is 4.51. The Morgan fingerprint density at radius 3 is 0.826 bits per heavy atom. The summed E-state index contributed by atoms with van der Waals surface area (Å²) < 4.78 is 0. The molecule has 0 fully saturated rings. The van der Waals surface area contributed by atoms with E-state index in [0.29, 0.717) is 0 Å². The second kappa shape index (κ2) is 12.9. The molecule has 0 aliphatic carbocycles. The number of nitrogens with two attached hydrogens (primary N) is 2. The molecule has 0 radical (unpaired) electrons. The summed E-state index contributed by atoms with van der Waals surface area (Å²) in [5.74, 6) is -7.33. The van der Waals surface area contributed by atoms with Crippen LogP contribution in [-0.4, -0.2) is 58.0 Å². The molecule has 0 aromatic carbocycles. The average Bonchev–Trinajstić information content (AvgIpc) is 2.10. The summed E-state index contributed by atoms with van der Waals surface area (Å²) in [5, 5.41) is 42.5. The zero-order valence-electron chi connectivity index (χ0n) is 13.0. The monoisotopic (exact) mass is 358 g/mol. The van der Waals surface area contributed by atoms with E-state index in [4.69, 9.17) is 11.5 Å². The van der Waals surface area contributed by atoms with Crippen molar-refractivity contribution >= 4 is 46.9 Å². The Balaban J connectivity index is -0.000000602. The van der Waals surface area contributed by atoms with E-state index in [-0.39, 0.29) is 82.2 Å². The normalized spacial score (nSPS) is 10.3. The van der Waals surface area contributed by atoms with Gasteiger partial charge in [0, 0.05) is 60.6 Å². The van der Waals surface area contributed by atoms with Gasteiger partial charge in [0.2, 0.25) is 0 Å². The van der Waals surface area contributed by atoms with Crippen LogP contribution in [0.3, 0.4) is 0 Å². The Kier molecular flexibility index (Phi) is 17.5. The van der Waals surface area contributed by atoms with Gasteiger partial charge in [-0.2, -0.15) is 0 Å². The van der Waals surface area contributed by atoms with Gasteiger partial charge in [-0.3, -0.25) is 0 Å². The Morgan fingerprint density at radius 2 is 0.739 bits per heavy atom. The first-order valence-corrected chi connectivity index (χ1v) is 5.29. The van der Waals surface area contributed by atoms with Crippen LogP contribution in [0.25, 0.3) is 0 Å². The van der Waals surface area contributed by atoms with Crippen molar-refractivity contribution in [2.24, 2.45) is 11.5 Å². The third-order valence-corrected chi connectivity index (χ3v) is 2.83. The SMILES string of the molecule is NC(CC(=O)[O-])(CC(=O)[O-])C(N)(CC(=O)[O-])CC(=O)[O-].[Mg+2].[Na+].[Na+]. The van der Waals surface area contributed by atoms with E-state index in [1.54, 1.807) is 0 Å². The van der Waals surface area contributed by atoms with E-state index in [0.717, 1.165) is 0 Å². The van der Waals surface area contributed by atoms with Gasteiger partial charge >= 0.3 is 82.2 Å². The molecule has 0 aliphatic rings. The standard InChI is InChI=1S/C10H16N2O8.Mg.2Na/c11-9(1-5(13)14,2-6(15)16)10(12,3-7(17)18)4-8(19)20;;;/h1-4,11-12H2,(H,13,14)(H,15,16)(H,17,18)(H,19,20);;;/q;+2;2*+1/p-4. The molecule has 114 valence electrons. The largest absolute Gasteiger partial charge is 2.00 e. The molecule has 0 saturated carbocycles.